The predicted octanol–water partition coefficient (Wildman–Crippen LogP) is 1.87. The lowest BCUT2D eigenvalue weighted by Crippen LogP contribution is -2.46. The minimum atomic E-state index is -0.832. The molecule has 20 heavy (non-hydrogen) atoms. The Balaban J connectivity index is 2.88. The first-order chi connectivity index (χ1) is 9.45. The Bertz CT molecular complexity index is 527. The molecular formula is C13H17N3O4. The molecule has 0 radical (unpaired) electrons. The minimum absolute atomic E-state index is 0.0797. The van der Waals surface area contributed by atoms with Gasteiger partial charge < -0.3 is 9.47 Å². The fourth-order valence-corrected chi connectivity index (χ4v) is 1.62. The maximum Gasteiger partial charge on any atom is 0.273 e. The van der Waals surface area contributed by atoms with Gasteiger partial charge in [-0.2, -0.15) is 5.26 Å². The third-order valence-electron chi connectivity index (χ3n) is 2.69. The first kappa shape index (κ1) is 15.7. The summed E-state index contributed by atoms with van der Waals surface area (Å²) < 4.78 is 10.6. The van der Waals surface area contributed by atoms with Crippen molar-refractivity contribution in [2.45, 2.75) is 19.4 Å². The average Bonchev–Trinajstić information content (AvgIpc) is 2.45. The number of hydrogen-bond acceptors (Lipinski definition) is 6. The highest BCUT2D eigenvalue weighted by atomic mass is 16.6. The van der Waals surface area contributed by atoms with E-state index in [0.717, 1.165) is 0 Å². The van der Waals surface area contributed by atoms with Gasteiger partial charge in [0.1, 0.15) is 12.1 Å². The van der Waals surface area contributed by atoms with Gasteiger partial charge in [0.05, 0.1) is 24.2 Å². The van der Waals surface area contributed by atoms with Gasteiger partial charge in [-0.25, -0.2) is 0 Å². The van der Waals surface area contributed by atoms with E-state index in [0.29, 0.717) is 12.3 Å². The smallest absolute Gasteiger partial charge is 0.273 e. The number of non-ortho nitro benzene ring substituents is 1. The summed E-state index contributed by atoms with van der Waals surface area (Å²) in [4.78, 5) is 10.2. The molecule has 0 amide bonds. The Kier molecular flexibility index (Phi) is 5.29. The molecule has 0 spiro atoms. The lowest BCUT2D eigenvalue weighted by atomic mass is 10.1. The van der Waals surface area contributed by atoms with Gasteiger partial charge in [0.2, 0.25) is 0 Å². The van der Waals surface area contributed by atoms with Crippen molar-refractivity contribution in [1.82, 2.24) is 5.32 Å². The first-order valence-electron chi connectivity index (χ1n) is 6.07. The second kappa shape index (κ2) is 6.73. The fourth-order valence-electron chi connectivity index (χ4n) is 1.62. The van der Waals surface area contributed by atoms with E-state index in [4.69, 9.17) is 14.7 Å². The Morgan fingerprint density at radius 3 is 2.70 bits per heavy atom. The molecule has 0 saturated heterocycles. The summed E-state index contributed by atoms with van der Waals surface area (Å²) in [5, 5.41) is 22.8. The van der Waals surface area contributed by atoms with E-state index in [1.165, 1.54) is 25.3 Å². The summed E-state index contributed by atoms with van der Waals surface area (Å²) in [6.45, 7) is 4.34. The SMILES string of the molecule is CCNC(C)(C#N)COc1ccc([N+](=O)[O-])cc1OC. The van der Waals surface area contributed by atoms with Crippen molar-refractivity contribution >= 4 is 5.69 Å². The highest BCUT2D eigenvalue weighted by Gasteiger charge is 2.24. The summed E-state index contributed by atoms with van der Waals surface area (Å²) in [6.07, 6.45) is 0. The molecule has 0 aliphatic carbocycles. The van der Waals surface area contributed by atoms with E-state index in [-0.39, 0.29) is 18.0 Å². The van der Waals surface area contributed by atoms with Gasteiger partial charge >= 0.3 is 0 Å². The molecule has 1 atom stereocenters. The summed E-state index contributed by atoms with van der Waals surface area (Å²) >= 11 is 0. The largest absolute Gasteiger partial charge is 0.493 e. The number of nitro benzene ring substituents is 1. The zero-order chi connectivity index (χ0) is 15.2. The van der Waals surface area contributed by atoms with Crippen molar-refractivity contribution in [1.29, 1.82) is 5.26 Å². The molecule has 0 fully saturated rings. The molecule has 7 nitrogen and oxygen atoms in total. The standard InChI is InChI=1S/C13H17N3O4/c1-4-15-13(2,8-14)9-20-11-6-5-10(16(17)18)7-12(11)19-3/h5-7,15H,4,9H2,1-3H3. The second-order valence-corrected chi connectivity index (χ2v) is 4.36. The Morgan fingerprint density at radius 1 is 1.50 bits per heavy atom. The molecular weight excluding hydrogens is 262 g/mol. The van der Waals surface area contributed by atoms with Crippen LogP contribution >= 0.6 is 0 Å². The van der Waals surface area contributed by atoms with Crippen molar-refractivity contribution in [2.75, 3.05) is 20.3 Å². The van der Waals surface area contributed by atoms with Crippen LogP contribution in [-0.4, -0.2) is 30.7 Å². The molecule has 1 unspecified atom stereocenters. The lowest BCUT2D eigenvalue weighted by Gasteiger charge is -2.23. The van der Waals surface area contributed by atoms with Crippen LogP contribution in [-0.2, 0) is 0 Å². The first-order valence-corrected chi connectivity index (χ1v) is 6.07. The highest BCUT2D eigenvalue weighted by Crippen LogP contribution is 2.31. The molecule has 0 aliphatic rings. The van der Waals surface area contributed by atoms with Crippen LogP contribution in [0.2, 0.25) is 0 Å². The second-order valence-electron chi connectivity index (χ2n) is 4.36. The zero-order valence-corrected chi connectivity index (χ0v) is 11.7. The van der Waals surface area contributed by atoms with E-state index in [1.54, 1.807) is 6.92 Å². The number of likely N-dealkylation sites (N-methyl/N-ethyl adjacent to an activating group) is 1. The van der Waals surface area contributed by atoms with Crippen LogP contribution in [0.15, 0.2) is 18.2 Å². The summed E-state index contributed by atoms with van der Waals surface area (Å²) in [5.74, 6) is 0.619. The molecule has 1 rings (SSSR count). The van der Waals surface area contributed by atoms with Gasteiger partial charge in [-0.1, -0.05) is 6.92 Å². The van der Waals surface area contributed by atoms with Gasteiger partial charge in [0, 0.05) is 6.07 Å². The van der Waals surface area contributed by atoms with E-state index in [1.807, 2.05) is 6.92 Å². The molecule has 0 aromatic heterocycles. The Morgan fingerprint density at radius 2 is 2.20 bits per heavy atom. The molecule has 108 valence electrons. The lowest BCUT2D eigenvalue weighted by molar-refractivity contribution is -0.384. The number of rotatable bonds is 7. The molecule has 0 bridgehead atoms. The quantitative estimate of drug-likeness (QED) is 0.604. The van der Waals surface area contributed by atoms with Crippen LogP contribution in [0.4, 0.5) is 5.69 Å². The van der Waals surface area contributed by atoms with Crippen LogP contribution in [0.3, 0.4) is 0 Å². The molecule has 0 heterocycles. The average molecular weight is 279 g/mol. The third kappa shape index (κ3) is 3.83. The number of nitrogens with zero attached hydrogens (tertiary/aromatic N) is 2. The fraction of sp³-hybridized carbons (Fsp3) is 0.462. The molecule has 7 heteroatoms. The number of nitrogens with one attached hydrogen (secondary N) is 1. The van der Waals surface area contributed by atoms with Crippen LogP contribution in [0.5, 0.6) is 11.5 Å². The van der Waals surface area contributed by atoms with Crippen molar-refractivity contribution in [3.63, 3.8) is 0 Å². The summed E-state index contributed by atoms with van der Waals surface area (Å²) in [6, 6.07) is 6.20. The van der Waals surface area contributed by atoms with E-state index in [9.17, 15) is 10.1 Å². The molecule has 1 aromatic rings. The third-order valence-corrected chi connectivity index (χ3v) is 2.69. The molecule has 0 aliphatic heterocycles. The van der Waals surface area contributed by atoms with Crippen LogP contribution in [0, 0.1) is 21.4 Å². The van der Waals surface area contributed by atoms with Crippen LogP contribution < -0.4 is 14.8 Å². The maximum absolute atomic E-state index is 10.7. The van der Waals surface area contributed by atoms with Gasteiger partial charge in [0.15, 0.2) is 11.5 Å². The summed E-state index contributed by atoms with van der Waals surface area (Å²) in [5.41, 5.74) is -0.912. The summed E-state index contributed by atoms with van der Waals surface area (Å²) in [7, 11) is 1.40. The van der Waals surface area contributed by atoms with Crippen molar-refractivity contribution < 1.29 is 14.4 Å². The van der Waals surface area contributed by atoms with E-state index >= 15 is 0 Å². The maximum atomic E-state index is 10.7. The van der Waals surface area contributed by atoms with Gasteiger partial charge in [-0.05, 0) is 19.5 Å². The van der Waals surface area contributed by atoms with E-state index in [2.05, 4.69) is 11.4 Å². The number of hydrogen-bond donors (Lipinski definition) is 1. The predicted molar refractivity (Wildman–Crippen MR) is 72.8 cm³/mol. The van der Waals surface area contributed by atoms with Gasteiger partial charge in [-0.15, -0.1) is 0 Å². The topological polar surface area (TPSA) is 97.4 Å². The number of benzene rings is 1. The van der Waals surface area contributed by atoms with Crippen molar-refractivity contribution in [3.05, 3.63) is 28.3 Å². The van der Waals surface area contributed by atoms with Gasteiger partial charge in [-0.3, -0.25) is 15.4 Å². The molecule has 1 N–H and O–H groups in total. The molecule has 1 aromatic carbocycles. The zero-order valence-electron chi connectivity index (χ0n) is 11.7. The van der Waals surface area contributed by atoms with Crippen molar-refractivity contribution in [2.24, 2.45) is 0 Å². The Labute approximate surface area is 117 Å². The van der Waals surface area contributed by atoms with Crippen LogP contribution in [0.25, 0.3) is 0 Å². The van der Waals surface area contributed by atoms with Gasteiger partial charge in [0.25, 0.3) is 5.69 Å². The monoisotopic (exact) mass is 279 g/mol. The number of methoxy groups -OCH3 is 1. The van der Waals surface area contributed by atoms with E-state index < -0.39 is 10.5 Å². The van der Waals surface area contributed by atoms with Crippen LogP contribution in [0.1, 0.15) is 13.8 Å². The Hall–Kier alpha value is -2.33. The van der Waals surface area contributed by atoms with Crippen molar-refractivity contribution in [3.8, 4) is 17.6 Å². The molecule has 0 saturated carbocycles. The number of nitro groups is 1. The normalized spacial score (nSPS) is 13.1. The highest BCUT2D eigenvalue weighted by molar-refractivity contribution is 5.48. The number of nitriles is 1. The number of ether oxygens (including phenoxy) is 2. The minimum Gasteiger partial charge on any atom is -0.493 e.